The van der Waals surface area contributed by atoms with E-state index in [1.807, 2.05) is 13.0 Å². The molecule has 0 aliphatic heterocycles. The van der Waals surface area contributed by atoms with E-state index >= 15 is 0 Å². The number of amides is 1. The third kappa shape index (κ3) is 4.26. The number of ether oxygens (including phenoxy) is 2. The molecule has 0 saturated heterocycles. The minimum Gasteiger partial charge on any atom is -0.493 e. The van der Waals surface area contributed by atoms with Crippen molar-refractivity contribution in [3.63, 3.8) is 0 Å². The molecule has 0 atom stereocenters. The molecule has 0 spiro atoms. The molecule has 0 aliphatic rings. The Hall–Kier alpha value is -3.06. The summed E-state index contributed by atoms with van der Waals surface area (Å²) in [5.41, 5.74) is 1.68. The molecule has 3 aromatic rings. The smallest absolute Gasteiger partial charge is 0.269 e. The summed E-state index contributed by atoms with van der Waals surface area (Å²) in [5, 5.41) is 3.20. The highest BCUT2D eigenvalue weighted by Crippen LogP contribution is 2.36. The highest BCUT2D eigenvalue weighted by atomic mass is 35.5. The average molecular weight is 402 g/mol. The summed E-state index contributed by atoms with van der Waals surface area (Å²) in [5.74, 6) is 0.661. The zero-order chi connectivity index (χ0) is 20.1. The number of fused-ring (bicyclic) bond motifs is 1. The van der Waals surface area contributed by atoms with Crippen molar-refractivity contribution < 1.29 is 14.3 Å². The van der Waals surface area contributed by atoms with Crippen molar-refractivity contribution in [1.29, 1.82) is 0 Å². The Bertz CT molecular complexity index is 1060. The minimum absolute atomic E-state index is 0.107. The van der Waals surface area contributed by atoms with E-state index in [0.717, 1.165) is 5.56 Å². The van der Waals surface area contributed by atoms with Gasteiger partial charge in [0.2, 0.25) is 5.91 Å². The molecule has 2 aromatic carbocycles. The molecule has 8 heteroatoms. The van der Waals surface area contributed by atoms with Gasteiger partial charge in [0.25, 0.3) is 5.56 Å². The summed E-state index contributed by atoms with van der Waals surface area (Å²) in [6.07, 6.45) is 1.21. The van der Waals surface area contributed by atoms with Crippen LogP contribution in [0.25, 0.3) is 11.0 Å². The van der Waals surface area contributed by atoms with Crippen molar-refractivity contribution in [2.45, 2.75) is 20.0 Å². The zero-order valence-electron chi connectivity index (χ0n) is 15.6. The summed E-state index contributed by atoms with van der Waals surface area (Å²) < 4.78 is 12.2. The second-order valence-electron chi connectivity index (χ2n) is 5.99. The van der Waals surface area contributed by atoms with Gasteiger partial charge < -0.3 is 14.8 Å². The number of methoxy groups -OCH3 is 1. The van der Waals surface area contributed by atoms with Crippen LogP contribution in [-0.2, 0) is 17.9 Å². The lowest BCUT2D eigenvalue weighted by molar-refractivity contribution is -0.121. The molecular weight excluding hydrogens is 382 g/mol. The maximum absolute atomic E-state index is 12.4. The fraction of sp³-hybridized carbons (Fsp3) is 0.250. The molecule has 0 fully saturated rings. The first-order valence-corrected chi connectivity index (χ1v) is 9.11. The summed E-state index contributed by atoms with van der Waals surface area (Å²) in [4.78, 5) is 28.6. The lowest BCUT2D eigenvalue weighted by Gasteiger charge is -2.14. The Kier molecular flexibility index (Phi) is 6.16. The van der Waals surface area contributed by atoms with Crippen LogP contribution < -0.4 is 20.3 Å². The Morgan fingerprint density at radius 3 is 2.82 bits per heavy atom. The molecule has 28 heavy (non-hydrogen) atoms. The van der Waals surface area contributed by atoms with Gasteiger partial charge in [-0.15, -0.1) is 0 Å². The van der Waals surface area contributed by atoms with E-state index < -0.39 is 0 Å². The zero-order valence-corrected chi connectivity index (χ0v) is 16.3. The van der Waals surface area contributed by atoms with Crippen LogP contribution in [0.4, 0.5) is 0 Å². The third-order valence-corrected chi connectivity index (χ3v) is 4.40. The van der Waals surface area contributed by atoms with E-state index in [1.54, 1.807) is 30.3 Å². The molecule has 146 valence electrons. The molecule has 1 aromatic heterocycles. The maximum atomic E-state index is 12.4. The number of nitrogens with zero attached hydrogens (tertiary/aromatic N) is 2. The van der Waals surface area contributed by atoms with Crippen molar-refractivity contribution in [1.82, 2.24) is 14.9 Å². The number of nitrogens with one attached hydrogen (secondary N) is 1. The number of halogens is 1. The minimum atomic E-state index is -0.334. The molecule has 0 radical (unpaired) electrons. The van der Waals surface area contributed by atoms with E-state index in [-0.39, 0.29) is 24.6 Å². The van der Waals surface area contributed by atoms with Gasteiger partial charge in [0.1, 0.15) is 6.54 Å². The van der Waals surface area contributed by atoms with Crippen LogP contribution in [0.15, 0.2) is 47.4 Å². The van der Waals surface area contributed by atoms with E-state index in [4.69, 9.17) is 21.1 Å². The van der Waals surface area contributed by atoms with Gasteiger partial charge in [0.15, 0.2) is 11.5 Å². The Morgan fingerprint density at radius 2 is 2.07 bits per heavy atom. The van der Waals surface area contributed by atoms with Crippen molar-refractivity contribution in [3.05, 3.63) is 63.5 Å². The second-order valence-corrected chi connectivity index (χ2v) is 6.40. The first kappa shape index (κ1) is 19.7. The van der Waals surface area contributed by atoms with Crippen LogP contribution in [0, 0.1) is 0 Å². The summed E-state index contributed by atoms with van der Waals surface area (Å²) in [7, 11) is 1.53. The summed E-state index contributed by atoms with van der Waals surface area (Å²) >= 11 is 6.25. The fourth-order valence-electron chi connectivity index (χ4n) is 2.84. The monoisotopic (exact) mass is 401 g/mol. The fourth-order valence-corrected chi connectivity index (χ4v) is 3.13. The van der Waals surface area contributed by atoms with Gasteiger partial charge in [-0.25, -0.2) is 4.98 Å². The van der Waals surface area contributed by atoms with Gasteiger partial charge in [0, 0.05) is 6.54 Å². The number of para-hydroxylation sites is 2. The lowest BCUT2D eigenvalue weighted by Crippen LogP contribution is -2.32. The molecular formula is C20H20ClN3O4. The van der Waals surface area contributed by atoms with Gasteiger partial charge in [0.05, 0.1) is 36.0 Å². The normalized spacial score (nSPS) is 10.7. The summed E-state index contributed by atoms with van der Waals surface area (Å²) in [6.45, 7) is 2.44. The second kappa shape index (κ2) is 8.75. The SMILES string of the molecule is CCOc1c(Cl)cc(CNC(=O)Cn2c(=O)cnc3ccccc32)cc1OC. The van der Waals surface area contributed by atoms with Crippen molar-refractivity contribution in [2.75, 3.05) is 13.7 Å². The molecule has 1 heterocycles. The van der Waals surface area contributed by atoms with E-state index in [9.17, 15) is 9.59 Å². The van der Waals surface area contributed by atoms with Gasteiger partial charge in [-0.2, -0.15) is 0 Å². The van der Waals surface area contributed by atoms with Crippen LogP contribution >= 0.6 is 11.6 Å². The highest BCUT2D eigenvalue weighted by Gasteiger charge is 2.13. The third-order valence-electron chi connectivity index (χ3n) is 4.12. The first-order chi connectivity index (χ1) is 13.5. The van der Waals surface area contributed by atoms with E-state index in [1.165, 1.54) is 17.9 Å². The number of hydrogen-bond donors (Lipinski definition) is 1. The standard InChI is InChI=1S/C20H20ClN3O4/c1-3-28-20-14(21)8-13(9-17(20)27-2)10-23-18(25)12-24-16-7-5-4-6-15(16)22-11-19(24)26/h4-9,11H,3,10,12H2,1-2H3,(H,23,25). The predicted octanol–water partition coefficient (Wildman–Crippen LogP) is 2.77. The lowest BCUT2D eigenvalue weighted by atomic mass is 10.2. The van der Waals surface area contributed by atoms with Crippen LogP contribution in [0.2, 0.25) is 5.02 Å². The van der Waals surface area contributed by atoms with E-state index in [2.05, 4.69) is 10.3 Å². The molecule has 1 N–H and O–H groups in total. The Balaban J connectivity index is 1.74. The van der Waals surface area contributed by atoms with E-state index in [0.29, 0.717) is 34.2 Å². The Morgan fingerprint density at radius 1 is 1.29 bits per heavy atom. The number of carbonyl (C=O) groups excluding carboxylic acids is 1. The molecule has 7 nitrogen and oxygen atoms in total. The largest absolute Gasteiger partial charge is 0.493 e. The van der Waals surface area contributed by atoms with Crippen molar-refractivity contribution >= 4 is 28.5 Å². The highest BCUT2D eigenvalue weighted by molar-refractivity contribution is 6.32. The topological polar surface area (TPSA) is 82.5 Å². The van der Waals surface area contributed by atoms with Crippen LogP contribution in [0.1, 0.15) is 12.5 Å². The van der Waals surface area contributed by atoms with Crippen LogP contribution in [0.5, 0.6) is 11.5 Å². The Labute approximate surface area is 166 Å². The number of hydrogen-bond acceptors (Lipinski definition) is 5. The molecule has 0 aliphatic carbocycles. The number of rotatable bonds is 7. The van der Waals surface area contributed by atoms with Gasteiger partial charge in [-0.05, 0) is 36.8 Å². The maximum Gasteiger partial charge on any atom is 0.269 e. The first-order valence-electron chi connectivity index (χ1n) is 8.74. The average Bonchev–Trinajstić information content (AvgIpc) is 2.70. The van der Waals surface area contributed by atoms with Gasteiger partial charge in [-0.1, -0.05) is 23.7 Å². The number of benzene rings is 2. The predicted molar refractivity (Wildman–Crippen MR) is 107 cm³/mol. The van der Waals surface area contributed by atoms with Crippen molar-refractivity contribution in [2.24, 2.45) is 0 Å². The van der Waals surface area contributed by atoms with Crippen molar-refractivity contribution in [3.8, 4) is 11.5 Å². The van der Waals surface area contributed by atoms with Crippen LogP contribution in [-0.4, -0.2) is 29.2 Å². The van der Waals surface area contributed by atoms with Crippen LogP contribution in [0.3, 0.4) is 0 Å². The quantitative estimate of drug-likeness (QED) is 0.658. The van der Waals surface area contributed by atoms with Gasteiger partial charge in [-0.3, -0.25) is 14.2 Å². The molecule has 0 unspecified atom stereocenters. The van der Waals surface area contributed by atoms with Gasteiger partial charge >= 0.3 is 0 Å². The number of aromatic nitrogens is 2. The molecule has 3 rings (SSSR count). The molecule has 1 amide bonds. The molecule has 0 bridgehead atoms. The number of carbonyl (C=O) groups is 1. The summed E-state index contributed by atoms with van der Waals surface area (Å²) in [6, 6.07) is 10.6. The molecule has 0 saturated carbocycles.